The van der Waals surface area contributed by atoms with Crippen molar-refractivity contribution in [3.63, 3.8) is 0 Å². The Morgan fingerprint density at radius 2 is 2.06 bits per heavy atom. The van der Waals surface area contributed by atoms with Crippen molar-refractivity contribution in [1.82, 2.24) is 5.32 Å². The summed E-state index contributed by atoms with van der Waals surface area (Å²) in [5.74, 6) is 0.449. The standard InChI is InChI=1S/C12H15Cl2NO2/c13-6-2-1-3-7-15-12(17)9-4-5-11(16)10(14)8-9/h4-5,8,16H,1-3,6-7H2,(H,15,17). The number of carbonyl (C=O) groups is 1. The van der Waals surface area contributed by atoms with Crippen molar-refractivity contribution in [1.29, 1.82) is 0 Å². The number of unbranched alkanes of at least 4 members (excludes halogenated alkanes) is 2. The highest BCUT2D eigenvalue weighted by atomic mass is 35.5. The first kappa shape index (κ1) is 14.1. The van der Waals surface area contributed by atoms with Crippen LogP contribution in [0.4, 0.5) is 0 Å². The third kappa shape index (κ3) is 4.84. The second-order valence-corrected chi connectivity index (χ2v) is 4.46. The van der Waals surface area contributed by atoms with E-state index in [0.717, 1.165) is 19.3 Å². The average molecular weight is 276 g/mol. The number of nitrogens with one attached hydrogen (secondary N) is 1. The summed E-state index contributed by atoms with van der Waals surface area (Å²) < 4.78 is 0. The fraction of sp³-hybridized carbons (Fsp3) is 0.417. The minimum atomic E-state index is -0.183. The monoisotopic (exact) mass is 275 g/mol. The normalized spacial score (nSPS) is 10.2. The van der Waals surface area contributed by atoms with Gasteiger partial charge in [-0.1, -0.05) is 18.0 Å². The van der Waals surface area contributed by atoms with Gasteiger partial charge in [0.15, 0.2) is 0 Å². The van der Waals surface area contributed by atoms with Gasteiger partial charge < -0.3 is 10.4 Å². The molecule has 1 aromatic carbocycles. The number of phenols is 1. The molecule has 1 aromatic rings. The molecule has 0 saturated carbocycles. The summed E-state index contributed by atoms with van der Waals surface area (Å²) in [5.41, 5.74) is 0.449. The molecule has 0 bridgehead atoms. The van der Waals surface area contributed by atoms with Crippen LogP contribution < -0.4 is 5.32 Å². The van der Waals surface area contributed by atoms with Gasteiger partial charge in [-0.15, -0.1) is 11.6 Å². The summed E-state index contributed by atoms with van der Waals surface area (Å²) in [6.45, 7) is 0.619. The zero-order valence-electron chi connectivity index (χ0n) is 9.38. The Kier molecular flexibility index (Phi) is 6.16. The number of rotatable bonds is 6. The van der Waals surface area contributed by atoms with Crippen molar-refractivity contribution >= 4 is 29.1 Å². The molecule has 3 nitrogen and oxygen atoms in total. The minimum Gasteiger partial charge on any atom is -0.506 e. The Hall–Kier alpha value is -0.930. The van der Waals surface area contributed by atoms with Crippen molar-refractivity contribution in [2.75, 3.05) is 12.4 Å². The van der Waals surface area contributed by atoms with Crippen molar-refractivity contribution in [3.05, 3.63) is 28.8 Å². The summed E-state index contributed by atoms with van der Waals surface area (Å²) in [6.07, 6.45) is 2.87. The maximum Gasteiger partial charge on any atom is 0.251 e. The van der Waals surface area contributed by atoms with Gasteiger partial charge in [-0.3, -0.25) is 4.79 Å². The lowest BCUT2D eigenvalue weighted by molar-refractivity contribution is 0.0953. The lowest BCUT2D eigenvalue weighted by Crippen LogP contribution is -2.24. The van der Waals surface area contributed by atoms with Gasteiger partial charge in [0.1, 0.15) is 5.75 Å². The van der Waals surface area contributed by atoms with E-state index in [0.29, 0.717) is 18.0 Å². The average Bonchev–Trinajstić information content (AvgIpc) is 2.32. The van der Waals surface area contributed by atoms with Gasteiger partial charge in [-0.05, 0) is 31.0 Å². The second-order valence-electron chi connectivity index (χ2n) is 3.67. The first-order chi connectivity index (χ1) is 8.15. The van der Waals surface area contributed by atoms with E-state index in [2.05, 4.69) is 5.32 Å². The van der Waals surface area contributed by atoms with Crippen LogP contribution in [0.2, 0.25) is 5.02 Å². The minimum absolute atomic E-state index is 0.0228. The summed E-state index contributed by atoms with van der Waals surface area (Å²) in [5, 5.41) is 12.2. The van der Waals surface area contributed by atoms with Crippen LogP contribution in [0.25, 0.3) is 0 Å². The quantitative estimate of drug-likeness (QED) is 0.619. The SMILES string of the molecule is O=C(NCCCCCCl)c1ccc(O)c(Cl)c1. The topological polar surface area (TPSA) is 49.3 Å². The lowest BCUT2D eigenvalue weighted by Gasteiger charge is -2.05. The van der Waals surface area contributed by atoms with Gasteiger partial charge in [0, 0.05) is 18.0 Å². The number of hydrogen-bond donors (Lipinski definition) is 2. The van der Waals surface area contributed by atoms with E-state index in [4.69, 9.17) is 23.2 Å². The number of carbonyl (C=O) groups excluding carboxylic acids is 1. The molecule has 17 heavy (non-hydrogen) atoms. The third-order valence-electron chi connectivity index (χ3n) is 2.31. The Morgan fingerprint density at radius 1 is 1.29 bits per heavy atom. The van der Waals surface area contributed by atoms with E-state index in [9.17, 15) is 9.90 Å². The van der Waals surface area contributed by atoms with Gasteiger partial charge >= 0.3 is 0 Å². The summed E-state index contributed by atoms with van der Waals surface area (Å²) in [6, 6.07) is 4.39. The van der Waals surface area contributed by atoms with E-state index in [-0.39, 0.29) is 16.7 Å². The summed E-state index contributed by atoms with van der Waals surface area (Å²) in [4.78, 5) is 11.7. The molecule has 2 N–H and O–H groups in total. The van der Waals surface area contributed by atoms with Crippen LogP contribution in [0.15, 0.2) is 18.2 Å². The largest absolute Gasteiger partial charge is 0.506 e. The number of halogens is 2. The Bertz CT molecular complexity index is 383. The molecule has 0 aliphatic carbocycles. The smallest absolute Gasteiger partial charge is 0.251 e. The molecule has 0 heterocycles. The number of amides is 1. The molecule has 1 rings (SSSR count). The molecule has 0 aromatic heterocycles. The Balaban J connectivity index is 2.39. The van der Waals surface area contributed by atoms with E-state index < -0.39 is 0 Å². The summed E-state index contributed by atoms with van der Waals surface area (Å²) >= 11 is 11.3. The summed E-state index contributed by atoms with van der Waals surface area (Å²) in [7, 11) is 0. The van der Waals surface area contributed by atoms with Crippen LogP contribution >= 0.6 is 23.2 Å². The molecule has 0 aliphatic heterocycles. The van der Waals surface area contributed by atoms with E-state index >= 15 is 0 Å². The van der Waals surface area contributed by atoms with Crippen molar-refractivity contribution < 1.29 is 9.90 Å². The molecule has 0 unspecified atom stereocenters. The molecule has 1 amide bonds. The molecule has 5 heteroatoms. The number of benzene rings is 1. The fourth-order valence-electron chi connectivity index (χ4n) is 1.35. The zero-order valence-corrected chi connectivity index (χ0v) is 10.9. The van der Waals surface area contributed by atoms with Gasteiger partial charge in [-0.2, -0.15) is 0 Å². The number of aromatic hydroxyl groups is 1. The van der Waals surface area contributed by atoms with E-state index in [1.54, 1.807) is 0 Å². The molecule has 0 saturated heterocycles. The number of hydrogen-bond acceptors (Lipinski definition) is 2. The van der Waals surface area contributed by atoms with Crippen LogP contribution in [-0.4, -0.2) is 23.4 Å². The maximum atomic E-state index is 11.7. The first-order valence-electron chi connectivity index (χ1n) is 5.48. The highest BCUT2D eigenvalue weighted by molar-refractivity contribution is 6.32. The lowest BCUT2D eigenvalue weighted by atomic mass is 10.2. The van der Waals surface area contributed by atoms with Gasteiger partial charge in [0.25, 0.3) is 5.91 Å². The van der Waals surface area contributed by atoms with Gasteiger partial charge in [0.2, 0.25) is 0 Å². The van der Waals surface area contributed by atoms with Crippen LogP contribution in [-0.2, 0) is 0 Å². The number of alkyl halides is 1. The predicted octanol–water partition coefficient (Wildman–Crippen LogP) is 3.18. The first-order valence-corrected chi connectivity index (χ1v) is 6.39. The van der Waals surface area contributed by atoms with Crippen LogP contribution in [0.1, 0.15) is 29.6 Å². The molecule has 0 radical (unpaired) electrons. The van der Waals surface area contributed by atoms with Crippen molar-refractivity contribution in [3.8, 4) is 5.75 Å². The van der Waals surface area contributed by atoms with Crippen LogP contribution in [0.5, 0.6) is 5.75 Å². The zero-order chi connectivity index (χ0) is 12.7. The van der Waals surface area contributed by atoms with Gasteiger partial charge in [-0.25, -0.2) is 0 Å². The third-order valence-corrected chi connectivity index (χ3v) is 2.88. The maximum absolute atomic E-state index is 11.7. The van der Waals surface area contributed by atoms with Crippen molar-refractivity contribution in [2.24, 2.45) is 0 Å². The van der Waals surface area contributed by atoms with Crippen LogP contribution in [0.3, 0.4) is 0 Å². The van der Waals surface area contributed by atoms with Crippen molar-refractivity contribution in [2.45, 2.75) is 19.3 Å². The molecule has 0 atom stereocenters. The molecule has 0 fully saturated rings. The van der Waals surface area contributed by atoms with E-state index in [1.165, 1.54) is 18.2 Å². The van der Waals surface area contributed by atoms with Gasteiger partial charge in [0.05, 0.1) is 5.02 Å². The second kappa shape index (κ2) is 7.41. The van der Waals surface area contributed by atoms with E-state index in [1.807, 2.05) is 0 Å². The molecule has 0 spiro atoms. The molecule has 94 valence electrons. The fourth-order valence-corrected chi connectivity index (χ4v) is 1.72. The van der Waals surface area contributed by atoms with Crippen LogP contribution in [0, 0.1) is 0 Å². The molecular weight excluding hydrogens is 261 g/mol. The Morgan fingerprint density at radius 3 is 2.71 bits per heavy atom. The highest BCUT2D eigenvalue weighted by Gasteiger charge is 2.07. The highest BCUT2D eigenvalue weighted by Crippen LogP contribution is 2.23. The molecular formula is C12H15Cl2NO2. The number of phenolic OH excluding ortho intramolecular Hbond substituents is 1. The molecule has 0 aliphatic rings. The Labute approximate surface area is 111 Å². The predicted molar refractivity (Wildman–Crippen MR) is 70.0 cm³/mol.